The fourth-order valence-corrected chi connectivity index (χ4v) is 7.94. The van der Waals surface area contributed by atoms with E-state index in [-0.39, 0.29) is 18.0 Å². The molecule has 3 aliphatic carbocycles. The van der Waals surface area contributed by atoms with Crippen LogP contribution in [0.2, 0.25) is 0 Å². The molecule has 0 bridgehead atoms. The molecule has 4 nitrogen and oxygen atoms in total. The molecule has 2 heterocycles. The summed E-state index contributed by atoms with van der Waals surface area (Å²) in [5, 5.41) is 1.45. The summed E-state index contributed by atoms with van der Waals surface area (Å²) in [6.45, 7) is 5.36. The van der Waals surface area contributed by atoms with Crippen molar-refractivity contribution in [2.75, 3.05) is 13.6 Å². The second-order valence-electron chi connectivity index (χ2n) is 11.8. The minimum atomic E-state index is -0.00999. The quantitative estimate of drug-likeness (QED) is 0.533. The molecule has 0 amide bonds. The SMILES string of the molecule is CC(C)n1cc2c3c(cccc31)C1CC(C(=O)OC3CCCC4CCCCC43)CN(C)C1C2. The number of likely N-dealkylation sites (N-methyl/N-ethyl adjacent to an activating group) is 1. The first-order chi connectivity index (χ1) is 16.0. The number of esters is 1. The molecule has 3 fully saturated rings. The smallest absolute Gasteiger partial charge is 0.310 e. The minimum Gasteiger partial charge on any atom is -0.462 e. The number of carbonyl (C=O) groups excluding carboxylic acids is 1. The van der Waals surface area contributed by atoms with Crippen molar-refractivity contribution in [2.24, 2.45) is 17.8 Å². The fraction of sp³-hybridized carbons (Fsp3) is 0.690. The predicted octanol–water partition coefficient (Wildman–Crippen LogP) is 6.08. The van der Waals surface area contributed by atoms with E-state index in [4.69, 9.17) is 4.74 Å². The maximum absolute atomic E-state index is 13.5. The molecule has 6 rings (SSSR count). The zero-order valence-corrected chi connectivity index (χ0v) is 20.6. The van der Waals surface area contributed by atoms with Crippen LogP contribution in [0.3, 0.4) is 0 Å². The average Bonchev–Trinajstić information content (AvgIpc) is 3.20. The number of benzene rings is 1. The summed E-state index contributed by atoms with van der Waals surface area (Å²) in [6, 6.07) is 7.74. The summed E-state index contributed by atoms with van der Waals surface area (Å²) in [5.41, 5.74) is 4.29. The highest BCUT2D eigenvalue weighted by Gasteiger charge is 2.44. The van der Waals surface area contributed by atoms with E-state index in [2.05, 4.69) is 54.8 Å². The summed E-state index contributed by atoms with van der Waals surface area (Å²) in [6.07, 6.45) is 13.5. The second-order valence-corrected chi connectivity index (χ2v) is 11.8. The topological polar surface area (TPSA) is 34.5 Å². The third-order valence-electron chi connectivity index (χ3n) is 9.54. The van der Waals surface area contributed by atoms with Crippen LogP contribution in [0.25, 0.3) is 10.9 Å². The Labute approximate surface area is 198 Å². The monoisotopic (exact) mass is 448 g/mol. The van der Waals surface area contributed by atoms with E-state index < -0.39 is 0 Å². The molecule has 1 aromatic heterocycles. The van der Waals surface area contributed by atoms with E-state index in [1.54, 1.807) is 0 Å². The van der Waals surface area contributed by atoms with Gasteiger partial charge in [-0.2, -0.15) is 0 Å². The highest BCUT2D eigenvalue weighted by Crippen LogP contribution is 2.46. The third-order valence-corrected chi connectivity index (χ3v) is 9.54. The number of ether oxygens (including phenoxy) is 1. The molecular weight excluding hydrogens is 408 g/mol. The Balaban J connectivity index is 1.25. The van der Waals surface area contributed by atoms with Gasteiger partial charge in [0, 0.05) is 41.6 Å². The lowest BCUT2D eigenvalue weighted by Gasteiger charge is -2.45. The molecule has 6 atom stereocenters. The number of piperidine rings is 1. The van der Waals surface area contributed by atoms with E-state index in [0.29, 0.717) is 23.9 Å². The van der Waals surface area contributed by atoms with Crippen LogP contribution < -0.4 is 0 Å². The molecule has 4 heteroatoms. The van der Waals surface area contributed by atoms with Crippen LogP contribution in [0.5, 0.6) is 0 Å². The van der Waals surface area contributed by atoms with Gasteiger partial charge in [0.2, 0.25) is 0 Å². The zero-order chi connectivity index (χ0) is 22.7. The van der Waals surface area contributed by atoms with Crippen molar-refractivity contribution in [3.05, 3.63) is 35.5 Å². The molecule has 33 heavy (non-hydrogen) atoms. The third kappa shape index (κ3) is 3.64. The minimum absolute atomic E-state index is 0.00999. The molecule has 1 aliphatic heterocycles. The molecule has 1 aromatic carbocycles. The van der Waals surface area contributed by atoms with Crippen molar-refractivity contribution in [1.29, 1.82) is 0 Å². The number of aromatic nitrogens is 1. The van der Waals surface area contributed by atoms with Crippen LogP contribution in [0.15, 0.2) is 24.4 Å². The van der Waals surface area contributed by atoms with Crippen molar-refractivity contribution in [3.8, 4) is 0 Å². The number of likely N-dealkylation sites (tertiary alicyclic amines) is 1. The Hall–Kier alpha value is -1.81. The highest BCUT2D eigenvalue weighted by molar-refractivity contribution is 5.89. The van der Waals surface area contributed by atoms with Crippen molar-refractivity contribution < 1.29 is 9.53 Å². The lowest BCUT2D eigenvalue weighted by Crippen LogP contribution is -2.50. The second kappa shape index (κ2) is 8.45. The number of nitrogens with zero attached hydrogens (tertiary/aromatic N) is 2. The average molecular weight is 449 g/mol. The summed E-state index contributed by atoms with van der Waals surface area (Å²) >= 11 is 0. The van der Waals surface area contributed by atoms with Gasteiger partial charge in [0.1, 0.15) is 6.10 Å². The number of hydrogen-bond acceptors (Lipinski definition) is 3. The van der Waals surface area contributed by atoms with Crippen LogP contribution in [-0.4, -0.2) is 41.2 Å². The van der Waals surface area contributed by atoms with Crippen molar-refractivity contribution in [1.82, 2.24) is 9.47 Å². The molecule has 0 spiro atoms. The molecule has 6 unspecified atom stereocenters. The first kappa shape index (κ1) is 21.7. The molecule has 0 N–H and O–H groups in total. The molecule has 4 aliphatic rings. The summed E-state index contributed by atoms with van der Waals surface area (Å²) in [7, 11) is 2.22. The fourth-order valence-electron chi connectivity index (χ4n) is 7.94. The van der Waals surface area contributed by atoms with Gasteiger partial charge in [0.15, 0.2) is 0 Å². The van der Waals surface area contributed by atoms with Gasteiger partial charge in [-0.25, -0.2) is 0 Å². The van der Waals surface area contributed by atoms with Gasteiger partial charge in [0.25, 0.3) is 0 Å². The summed E-state index contributed by atoms with van der Waals surface area (Å²) in [4.78, 5) is 15.9. The number of hydrogen-bond donors (Lipinski definition) is 0. The number of fused-ring (bicyclic) bond motifs is 3. The van der Waals surface area contributed by atoms with Gasteiger partial charge in [0.05, 0.1) is 5.92 Å². The van der Waals surface area contributed by atoms with Gasteiger partial charge >= 0.3 is 5.97 Å². The first-order valence-electron chi connectivity index (χ1n) is 13.5. The lowest BCUT2D eigenvalue weighted by atomic mass is 9.69. The van der Waals surface area contributed by atoms with Crippen LogP contribution in [0.1, 0.15) is 88.3 Å². The zero-order valence-electron chi connectivity index (χ0n) is 20.6. The Morgan fingerprint density at radius 1 is 1.09 bits per heavy atom. The maximum Gasteiger partial charge on any atom is 0.310 e. The summed E-state index contributed by atoms with van der Waals surface area (Å²) in [5.74, 6) is 1.89. The largest absolute Gasteiger partial charge is 0.462 e. The van der Waals surface area contributed by atoms with E-state index in [1.165, 1.54) is 60.6 Å². The van der Waals surface area contributed by atoms with E-state index in [1.807, 2.05) is 0 Å². The van der Waals surface area contributed by atoms with Crippen molar-refractivity contribution in [2.45, 2.75) is 95.7 Å². The Bertz CT molecular complexity index is 1040. The molecular formula is C29H40N2O2. The number of rotatable bonds is 3. The molecule has 0 radical (unpaired) electrons. The normalized spacial score (nSPS) is 34.2. The van der Waals surface area contributed by atoms with Gasteiger partial charge in [-0.3, -0.25) is 4.79 Å². The van der Waals surface area contributed by atoms with Crippen LogP contribution in [0.4, 0.5) is 0 Å². The predicted molar refractivity (Wildman–Crippen MR) is 132 cm³/mol. The van der Waals surface area contributed by atoms with Gasteiger partial charge < -0.3 is 14.2 Å². The maximum atomic E-state index is 13.5. The molecule has 178 valence electrons. The van der Waals surface area contributed by atoms with Crippen LogP contribution >= 0.6 is 0 Å². The van der Waals surface area contributed by atoms with Crippen molar-refractivity contribution >= 4 is 16.9 Å². The Kier molecular flexibility index (Phi) is 5.55. The van der Waals surface area contributed by atoms with Crippen LogP contribution in [-0.2, 0) is 16.0 Å². The van der Waals surface area contributed by atoms with Gasteiger partial charge in [-0.05, 0) is 88.4 Å². The summed E-state index contributed by atoms with van der Waals surface area (Å²) < 4.78 is 8.77. The molecule has 2 aromatic rings. The van der Waals surface area contributed by atoms with Crippen LogP contribution in [0, 0.1) is 17.8 Å². The lowest BCUT2D eigenvalue weighted by molar-refractivity contribution is -0.164. The molecule has 2 saturated carbocycles. The first-order valence-corrected chi connectivity index (χ1v) is 13.5. The Morgan fingerprint density at radius 3 is 2.76 bits per heavy atom. The number of carbonyl (C=O) groups is 1. The molecule has 1 saturated heterocycles. The van der Waals surface area contributed by atoms with Gasteiger partial charge in [-0.15, -0.1) is 0 Å². The van der Waals surface area contributed by atoms with Gasteiger partial charge in [-0.1, -0.05) is 31.4 Å². The Morgan fingerprint density at radius 2 is 1.91 bits per heavy atom. The van der Waals surface area contributed by atoms with E-state index in [0.717, 1.165) is 31.7 Å². The highest BCUT2D eigenvalue weighted by atomic mass is 16.5. The van der Waals surface area contributed by atoms with E-state index >= 15 is 0 Å². The van der Waals surface area contributed by atoms with Crippen molar-refractivity contribution in [3.63, 3.8) is 0 Å². The van der Waals surface area contributed by atoms with E-state index in [9.17, 15) is 4.79 Å². The standard InChI is InChI=1S/C29H40N2O2/c1-18(2)31-17-20-15-26-24(23-11-7-12-25(31)28(20)23)14-21(16-30(26)3)29(32)33-27-13-6-9-19-8-4-5-10-22(19)27/h7,11-12,17-19,21-22,24,26-27H,4-6,8-10,13-16H2,1-3H3.